The standard InChI is InChI=1S/C25H31N7O2/c1-16-10-21(31-32(16)9-7-24(2,3)34-5)30-23-27-8-6-20(29-23)17-11-18(13-26)22-19(12-17)25(4,15-33)14-28-22/h6,8,10-12,28,33H,7,9,14-15H2,1-5H3,(H,27,29,30,31)/t25-/m1/s1. The van der Waals surface area contributed by atoms with Crippen LogP contribution in [-0.2, 0) is 16.7 Å². The number of nitriles is 1. The van der Waals surface area contributed by atoms with E-state index in [0.717, 1.165) is 35.5 Å². The Morgan fingerprint density at radius 2 is 2.15 bits per heavy atom. The number of aromatic nitrogens is 4. The molecule has 0 aliphatic carbocycles. The summed E-state index contributed by atoms with van der Waals surface area (Å²) in [6.07, 6.45) is 2.51. The van der Waals surface area contributed by atoms with Gasteiger partial charge in [-0.3, -0.25) is 4.68 Å². The van der Waals surface area contributed by atoms with Crippen LogP contribution in [0.4, 0.5) is 17.5 Å². The van der Waals surface area contributed by atoms with Gasteiger partial charge in [0.15, 0.2) is 5.82 Å². The molecule has 34 heavy (non-hydrogen) atoms. The zero-order chi connectivity index (χ0) is 24.5. The van der Waals surface area contributed by atoms with Crippen molar-refractivity contribution < 1.29 is 9.84 Å². The van der Waals surface area contributed by atoms with E-state index in [9.17, 15) is 10.4 Å². The summed E-state index contributed by atoms with van der Waals surface area (Å²) in [7, 11) is 1.72. The van der Waals surface area contributed by atoms with Gasteiger partial charge in [0.1, 0.15) is 6.07 Å². The second-order valence-corrected chi connectivity index (χ2v) is 9.63. The molecule has 1 aliphatic heterocycles. The number of aliphatic hydroxyl groups excluding tert-OH is 1. The van der Waals surface area contributed by atoms with Gasteiger partial charge >= 0.3 is 0 Å². The van der Waals surface area contributed by atoms with E-state index in [2.05, 4.69) is 45.6 Å². The topological polar surface area (TPSA) is 121 Å². The minimum absolute atomic E-state index is 0.0124. The predicted molar refractivity (Wildman–Crippen MR) is 131 cm³/mol. The molecular formula is C25H31N7O2. The van der Waals surface area contributed by atoms with Gasteiger partial charge in [0, 0.05) is 49.1 Å². The Kier molecular flexibility index (Phi) is 6.30. The van der Waals surface area contributed by atoms with E-state index in [1.165, 1.54) is 0 Å². The fourth-order valence-corrected chi connectivity index (χ4v) is 4.03. The van der Waals surface area contributed by atoms with Crippen molar-refractivity contribution in [2.45, 2.75) is 51.7 Å². The summed E-state index contributed by atoms with van der Waals surface area (Å²) in [6, 6.07) is 9.84. The van der Waals surface area contributed by atoms with E-state index in [4.69, 9.17) is 4.74 Å². The van der Waals surface area contributed by atoms with E-state index >= 15 is 0 Å². The average molecular weight is 462 g/mol. The van der Waals surface area contributed by atoms with E-state index in [0.29, 0.717) is 29.6 Å². The molecule has 0 fully saturated rings. The maximum Gasteiger partial charge on any atom is 0.228 e. The summed E-state index contributed by atoms with van der Waals surface area (Å²) in [5, 5.41) is 30.7. The molecule has 9 nitrogen and oxygen atoms in total. The van der Waals surface area contributed by atoms with Gasteiger partial charge in [-0.15, -0.1) is 0 Å². The number of aryl methyl sites for hydroxylation is 2. The largest absolute Gasteiger partial charge is 0.395 e. The minimum Gasteiger partial charge on any atom is -0.395 e. The normalized spacial score (nSPS) is 17.2. The molecule has 3 N–H and O–H groups in total. The number of hydrogen-bond donors (Lipinski definition) is 3. The van der Waals surface area contributed by atoms with Gasteiger partial charge in [-0.1, -0.05) is 6.92 Å². The van der Waals surface area contributed by atoms with Crippen LogP contribution in [0.5, 0.6) is 0 Å². The summed E-state index contributed by atoms with van der Waals surface area (Å²) in [5.41, 5.74) is 4.08. The highest BCUT2D eigenvalue weighted by Crippen LogP contribution is 2.41. The number of ether oxygens (including phenoxy) is 1. The first-order valence-corrected chi connectivity index (χ1v) is 11.3. The fraction of sp³-hybridized carbons (Fsp3) is 0.440. The Balaban J connectivity index is 1.59. The molecule has 1 atom stereocenters. The molecular weight excluding hydrogens is 430 g/mol. The Labute approximate surface area is 199 Å². The zero-order valence-corrected chi connectivity index (χ0v) is 20.3. The van der Waals surface area contributed by atoms with Crippen molar-refractivity contribution in [1.82, 2.24) is 19.7 Å². The second-order valence-electron chi connectivity index (χ2n) is 9.63. The monoisotopic (exact) mass is 461 g/mol. The highest BCUT2D eigenvalue weighted by molar-refractivity contribution is 5.76. The molecule has 9 heteroatoms. The fourth-order valence-electron chi connectivity index (χ4n) is 4.03. The lowest BCUT2D eigenvalue weighted by Gasteiger charge is -2.22. The maximum absolute atomic E-state index is 9.95. The van der Waals surface area contributed by atoms with Gasteiger partial charge in [-0.25, -0.2) is 9.97 Å². The number of methoxy groups -OCH3 is 1. The first kappa shape index (κ1) is 23.7. The first-order valence-electron chi connectivity index (χ1n) is 11.3. The summed E-state index contributed by atoms with van der Waals surface area (Å²) in [6.45, 7) is 9.41. The molecule has 0 spiro atoms. The number of fused-ring (bicyclic) bond motifs is 1. The second kappa shape index (κ2) is 9.05. The molecule has 0 unspecified atom stereocenters. The smallest absolute Gasteiger partial charge is 0.228 e. The Morgan fingerprint density at radius 3 is 2.85 bits per heavy atom. The highest BCUT2D eigenvalue weighted by atomic mass is 16.5. The van der Waals surface area contributed by atoms with Crippen LogP contribution < -0.4 is 10.6 Å². The third kappa shape index (κ3) is 4.60. The van der Waals surface area contributed by atoms with Crippen molar-refractivity contribution in [2.24, 2.45) is 0 Å². The molecule has 0 saturated carbocycles. The average Bonchev–Trinajstić information content (AvgIpc) is 3.36. The highest BCUT2D eigenvalue weighted by Gasteiger charge is 2.36. The van der Waals surface area contributed by atoms with E-state index in [1.807, 2.05) is 42.8 Å². The van der Waals surface area contributed by atoms with Crippen molar-refractivity contribution in [3.63, 3.8) is 0 Å². The summed E-state index contributed by atoms with van der Waals surface area (Å²) < 4.78 is 7.45. The maximum atomic E-state index is 9.95. The number of nitrogens with one attached hydrogen (secondary N) is 2. The van der Waals surface area contributed by atoms with Crippen LogP contribution in [0, 0.1) is 18.3 Å². The number of nitrogens with zero attached hydrogens (tertiary/aromatic N) is 5. The summed E-state index contributed by atoms with van der Waals surface area (Å²) in [4.78, 5) is 9.02. The first-order chi connectivity index (χ1) is 16.2. The van der Waals surface area contributed by atoms with Crippen LogP contribution in [0.25, 0.3) is 11.3 Å². The van der Waals surface area contributed by atoms with Crippen LogP contribution >= 0.6 is 0 Å². The molecule has 1 aromatic carbocycles. The molecule has 1 aliphatic rings. The van der Waals surface area contributed by atoms with Gasteiger partial charge in [-0.2, -0.15) is 10.4 Å². The van der Waals surface area contributed by atoms with Crippen molar-refractivity contribution in [3.8, 4) is 17.3 Å². The molecule has 0 saturated heterocycles. The lowest BCUT2D eigenvalue weighted by molar-refractivity contribution is 0.0112. The zero-order valence-electron chi connectivity index (χ0n) is 20.3. The molecule has 0 bridgehead atoms. The Hall–Kier alpha value is -3.48. The number of anilines is 3. The van der Waals surface area contributed by atoms with Gasteiger partial charge in [0.05, 0.1) is 29.2 Å². The van der Waals surface area contributed by atoms with Gasteiger partial charge in [-0.05, 0) is 51.0 Å². The molecule has 0 radical (unpaired) electrons. The van der Waals surface area contributed by atoms with Crippen LogP contribution in [-0.4, -0.2) is 50.7 Å². The lowest BCUT2D eigenvalue weighted by atomic mass is 9.83. The van der Waals surface area contributed by atoms with E-state index < -0.39 is 5.41 Å². The summed E-state index contributed by atoms with van der Waals surface area (Å²) in [5.74, 6) is 1.08. The number of aliphatic hydroxyl groups is 1. The van der Waals surface area contributed by atoms with Gasteiger partial charge < -0.3 is 20.5 Å². The third-order valence-corrected chi connectivity index (χ3v) is 6.56. The SMILES string of the molecule is COC(C)(C)CCn1nc(Nc2nccc(-c3cc(C#N)c4c(c3)[C@@](C)(CO)CN4)n2)cc1C. The molecule has 0 amide bonds. The van der Waals surface area contributed by atoms with Crippen LogP contribution in [0.2, 0.25) is 0 Å². The van der Waals surface area contributed by atoms with Crippen molar-refractivity contribution in [1.29, 1.82) is 5.26 Å². The number of benzene rings is 1. The number of rotatable bonds is 8. The van der Waals surface area contributed by atoms with Crippen LogP contribution in [0.1, 0.15) is 44.0 Å². The molecule has 2 aromatic heterocycles. The number of hydrogen-bond acceptors (Lipinski definition) is 8. The summed E-state index contributed by atoms with van der Waals surface area (Å²) >= 11 is 0. The molecule has 3 heterocycles. The van der Waals surface area contributed by atoms with Crippen LogP contribution in [0.3, 0.4) is 0 Å². The van der Waals surface area contributed by atoms with Gasteiger partial charge in [0.25, 0.3) is 0 Å². The van der Waals surface area contributed by atoms with E-state index in [1.54, 1.807) is 13.3 Å². The van der Waals surface area contributed by atoms with Gasteiger partial charge in [0.2, 0.25) is 5.95 Å². The predicted octanol–water partition coefficient (Wildman–Crippen LogP) is 3.75. The third-order valence-electron chi connectivity index (χ3n) is 6.56. The Bertz CT molecular complexity index is 1240. The quantitative estimate of drug-likeness (QED) is 0.464. The Morgan fingerprint density at radius 1 is 1.35 bits per heavy atom. The van der Waals surface area contributed by atoms with Crippen molar-refractivity contribution in [2.75, 3.05) is 30.9 Å². The van der Waals surface area contributed by atoms with Crippen LogP contribution in [0.15, 0.2) is 30.5 Å². The molecule has 4 rings (SSSR count). The molecule has 178 valence electrons. The van der Waals surface area contributed by atoms with Crippen molar-refractivity contribution >= 4 is 17.5 Å². The molecule has 3 aromatic rings. The minimum atomic E-state index is -0.452. The van der Waals surface area contributed by atoms with Crippen molar-refractivity contribution in [3.05, 3.63) is 47.3 Å². The lowest BCUT2D eigenvalue weighted by Crippen LogP contribution is -2.28. The van der Waals surface area contributed by atoms with E-state index in [-0.39, 0.29) is 12.2 Å².